The fourth-order valence-electron chi connectivity index (χ4n) is 3.00. The molecule has 2 radical (unpaired) electrons. The van der Waals surface area contributed by atoms with E-state index in [2.05, 4.69) is 26.8 Å². The Bertz CT molecular complexity index is 810. The molecule has 2 N–H and O–H groups in total. The number of rotatable bonds is 3. The van der Waals surface area contributed by atoms with E-state index < -0.39 is 0 Å². The van der Waals surface area contributed by atoms with Crippen LogP contribution in [0.5, 0.6) is 0 Å². The van der Waals surface area contributed by atoms with Crippen molar-refractivity contribution in [3.63, 3.8) is 0 Å². The third kappa shape index (κ3) is 2.79. The maximum atomic E-state index is 6.04. The minimum absolute atomic E-state index is 0.452. The summed E-state index contributed by atoms with van der Waals surface area (Å²) in [4.78, 5) is 8.80. The Morgan fingerprint density at radius 2 is 2.00 bits per heavy atom. The molecule has 4 heterocycles. The highest BCUT2D eigenvalue weighted by atomic mass is 15.3. The highest BCUT2D eigenvalue weighted by Gasteiger charge is 2.19. The molecule has 0 atom stereocenters. The number of nitrogens with zero attached hydrogens (tertiary/aromatic N) is 4. The number of aromatic nitrogens is 4. The maximum Gasteiger partial charge on any atom is 0.150 e. The van der Waals surface area contributed by atoms with Crippen LogP contribution in [0.2, 0.25) is 0 Å². The molecule has 1 aliphatic heterocycles. The first-order chi connectivity index (χ1) is 11.3. The zero-order valence-electron chi connectivity index (χ0n) is 12.7. The lowest BCUT2D eigenvalue weighted by atomic mass is 9.94. The third-order valence-corrected chi connectivity index (χ3v) is 4.23. The molecule has 0 saturated carbocycles. The van der Waals surface area contributed by atoms with Crippen LogP contribution in [-0.2, 0) is 0 Å². The molecule has 0 bridgehead atoms. The number of pyridine rings is 1. The van der Waals surface area contributed by atoms with E-state index >= 15 is 0 Å². The molecular weight excluding hydrogens is 287 g/mol. The average molecular weight is 304 g/mol. The summed E-state index contributed by atoms with van der Waals surface area (Å²) in [5.74, 6) is 1.32. The zero-order valence-corrected chi connectivity index (χ0v) is 12.7. The highest BCUT2D eigenvalue weighted by Crippen LogP contribution is 2.27. The van der Waals surface area contributed by atoms with Crippen LogP contribution in [0.1, 0.15) is 24.5 Å². The Morgan fingerprint density at radius 3 is 2.78 bits per heavy atom. The Morgan fingerprint density at radius 1 is 1.22 bits per heavy atom. The number of hydrogen-bond acceptors (Lipinski definition) is 5. The molecule has 3 aromatic heterocycles. The molecule has 0 aliphatic carbocycles. The van der Waals surface area contributed by atoms with E-state index in [9.17, 15) is 0 Å². The lowest BCUT2D eigenvalue weighted by molar-refractivity contribution is 0.453. The summed E-state index contributed by atoms with van der Waals surface area (Å²) in [5, 5.41) is 11.1. The van der Waals surface area contributed by atoms with Gasteiger partial charge >= 0.3 is 0 Å². The van der Waals surface area contributed by atoms with Crippen molar-refractivity contribution < 1.29 is 0 Å². The maximum absolute atomic E-state index is 6.04. The highest BCUT2D eigenvalue weighted by molar-refractivity contribution is 6.36. The molecule has 1 aliphatic rings. The van der Waals surface area contributed by atoms with Crippen LogP contribution in [0, 0.1) is 0 Å². The Labute approximate surface area is 135 Å². The number of fused-ring (bicyclic) bond motifs is 1. The van der Waals surface area contributed by atoms with E-state index in [0.717, 1.165) is 43.1 Å². The summed E-state index contributed by atoms with van der Waals surface area (Å²) < 4.78 is 1.75. The van der Waals surface area contributed by atoms with Gasteiger partial charge in [0.25, 0.3) is 0 Å². The lowest BCUT2D eigenvalue weighted by Gasteiger charge is -2.23. The molecule has 0 unspecified atom stereocenters. The summed E-state index contributed by atoms with van der Waals surface area (Å²) in [7, 11) is 6.04. The van der Waals surface area contributed by atoms with Gasteiger partial charge in [0, 0.05) is 42.0 Å². The van der Waals surface area contributed by atoms with Gasteiger partial charge in [-0.05, 0) is 43.5 Å². The normalized spacial score (nSPS) is 15.8. The van der Waals surface area contributed by atoms with E-state index in [4.69, 9.17) is 12.8 Å². The van der Waals surface area contributed by atoms with E-state index in [0.29, 0.717) is 17.0 Å². The van der Waals surface area contributed by atoms with Crippen molar-refractivity contribution in [2.75, 3.05) is 18.4 Å². The molecule has 0 spiro atoms. The van der Waals surface area contributed by atoms with Crippen LogP contribution >= 0.6 is 0 Å². The van der Waals surface area contributed by atoms with Crippen molar-refractivity contribution >= 4 is 30.5 Å². The molecule has 23 heavy (non-hydrogen) atoms. The second-order valence-electron chi connectivity index (χ2n) is 5.79. The van der Waals surface area contributed by atoms with Gasteiger partial charge in [0.2, 0.25) is 0 Å². The lowest BCUT2D eigenvalue weighted by Crippen LogP contribution is -2.27. The second kappa shape index (κ2) is 6.00. The van der Waals surface area contributed by atoms with Gasteiger partial charge in [-0.2, -0.15) is 9.61 Å². The van der Waals surface area contributed by atoms with Crippen molar-refractivity contribution in [2.24, 2.45) is 0 Å². The standard InChI is InChI=1S/C16H17BN6/c17-13-10-20-23-15(21-12-3-7-19-8-4-12)9-14(22-16(13)23)11-1-5-18-6-2-11/h3-4,7-11,18H,1-2,5-6H2,(H,19,21). The predicted molar refractivity (Wildman–Crippen MR) is 90.7 cm³/mol. The van der Waals surface area contributed by atoms with Gasteiger partial charge in [-0.15, -0.1) is 0 Å². The number of anilines is 2. The van der Waals surface area contributed by atoms with Crippen LogP contribution in [0.15, 0.2) is 36.8 Å². The quantitative estimate of drug-likeness (QED) is 0.710. The Balaban J connectivity index is 1.78. The second-order valence-corrected chi connectivity index (χ2v) is 5.79. The molecular formula is C16H17BN6. The molecule has 4 rings (SSSR count). The fourth-order valence-corrected chi connectivity index (χ4v) is 3.00. The smallest absolute Gasteiger partial charge is 0.150 e. The molecule has 6 nitrogen and oxygen atoms in total. The minimum atomic E-state index is 0.452. The topological polar surface area (TPSA) is 67.1 Å². The Hall–Kier alpha value is -2.41. The van der Waals surface area contributed by atoms with E-state index in [1.807, 2.05) is 12.1 Å². The van der Waals surface area contributed by atoms with Crippen LogP contribution in [0.3, 0.4) is 0 Å². The first-order valence-corrected chi connectivity index (χ1v) is 7.83. The zero-order chi connectivity index (χ0) is 15.6. The van der Waals surface area contributed by atoms with Crippen molar-refractivity contribution in [1.82, 2.24) is 24.9 Å². The number of nitrogens with one attached hydrogen (secondary N) is 2. The SMILES string of the molecule is [B]c1cnn2c(Nc3ccncc3)cc(C3CCNCC3)nc12. The van der Waals surface area contributed by atoms with E-state index in [1.165, 1.54) is 0 Å². The number of hydrogen-bond donors (Lipinski definition) is 2. The van der Waals surface area contributed by atoms with Crippen LogP contribution in [0.25, 0.3) is 5.65 Å². The number of piperidine rings is 1. The van der Waals surface area contributed by atoms with Crippen LogP contribution < -0.4 is 16.1 Å². The van der Waals surface area contributed by atoms with Crippen molar-refractivity contribution in [1.29, 1.82) is 0 Å². The molecule has 0 amide bonds. The minimum Gasteiger partial charge on any atom is -0.340 e. The van der Waals surface area contributed by atoms with Gasteiger partial charge in [0.05, 0.1) is 0 Å². The summed E-state index contributed by atoms with van der Waals surface area (Å²) in [5.41, 5.74) is 3.33. The van der Waals surface area contributed by atoms with Gasteiger partial charge in [-0.3, -0.25) is 4.98 Å². The summed E-state index contributed by atoms with van der Waals surface area (Å²) in [6, 6.07) is 5.92. The van der Waals surface area contributed by atoms with E-state index in [1.54, 1.807) is 23.1 Å². The first-order valence-electron chi connectivity index (χ1n) is 7.83. The van der Waals surface area contributed by atoms with Crippen molar-refractivity contribution in [2.45, 2.75) is 18.8 Å². The molecule has 0 aromatic carbocycles. The largest absolute Gasteiger partial charge is 0.340 e. The molecule has 3 aromatic rings. The van der Waals surface area contributed by atoms with Gasteiger partial charge in [0.15, 0.2) is 5.65 Å². The van der Waals surface area contributed by atoms with Crippen molar-refractivity contribution in [3.8, 4) is 0 Å². The molecule has 114 valence electrons. The van der Waals surface area contributed by atoms with Gasteiger partial charge < -0.3 is 10.6 Å². The summed E-state index contributed by atoms with van der Waals surface area (Å²) >= 11 is 0. The Kier molecular flexibility index (Phi) is 3.71. The van der Waals surface area contributed by atoms with Crippen molar-refractivity contribution in [3.05, 3.63) is 42.5 Å². The monoisotopic (exact) mass is 304 g/mol. The molecule has 1 saturated heterocycles. The summed E-state index contributed by atoms with van der Waals surface area (Å²) in [6.45, 7) is 2.05. The van der Waals surface area contributed by atoms with Gasteiger partial charge in [-0.25, -0.2) is 4.98 Å². The van der Waals surface area contributed by atoms with E-state index in [-0.39, 0.29) is 0 Å². The summed E-state index contributed by atoms with van der Waals surface area (Å²) in [6.07, 6.45) is 7.34. The average Bonchev–Trinajstić information content (AvgIpc) is 2.98. The fraction of sp³-hybridized carbons (Fsp3) is 0.312. The van der Waals surface area contributed by atoms with Gasteiger partial charge in [0.1, 0.15) is 13.7 Å². The molecule has 1 fully saturated rings. The first kappa shape index (κ1) is 14.2. The van der Waals surface area contributed by atoms with Crippen LogP contribution in [0.4, 0.5) is 11.5 Å². The molecule has 7 heteroatoms. The predicted octanol–water partition coefficient (Wildman–Crippen LogP) is 1.13. The third-order valence-electron chi connectivity index (χ3n) is 4.23. The van der Waals surface area contributed by atoms with Crippen LogP contribution in [-0.4, -0.2) is 40.5 Å². The van der Waals surface area contributed by atoms with Gasteiger partial charge in [-0.1, -0.05) is 0 Å².